The van der Waals surface area contributed by atoms with Gasteiger partial charge in [-0.2, -0.15) is 4.98 Å². The number of aromatic nitrogens is 8. The zero-order valence-electron chi connectivity index (χ0n) is 23.0. The van der Waals surface area contributed by atoms with Crippen molar-refractivity contribution in [2.45, 2.75) is 48.6 Å². The van der Waals surface area contributed by atoms with Gasteiger partial charge < -0.3 is 40.2 Å². The Hall–Kier alpha value is -2.66. The van der Waals surface area contributed by atoms with Crippen LogP contribution in [0.1, 0.15) is 12.5 Å². The second-order valence-corrected chi connectivity index (χ2v) is 15.9. The maximum atomic E-state index is 15.5. The number of halogens is 1. The van der Waals surface area contributed by atoms with E-state index in [0.29, 0.717) is 11.2 Å². The van der Waals surface area contributed by atoms with Crippen LogP contribution < -0.4 is 17.0 Å². The first kappa shape index (κ1) is 31.9. The molecule has 7 heterocycles. The number of nitrogens with one attached hydrogen (secondary N) is 1. The second-order valence-electron chi connectivity index (χ2n) is 10.5. The van der Waals surface area contributed by atoms with Crippen molar-refractivity contribution in [2.75, 3.05) is 31.3 Å². The van der Waals surface area contributed by atoms with Gasteiger partial charge in [-0.3, -0.25) is 28.0 Å². The number of aliphatic hydroxyl groups is 1. The van der Waals surface area contributed by atoms with E-state index in [-0.39, 0.29) is 29.5 Å². The molecule has 46 heavy (non-hydrogen) atoms. The Morgan fingerprint density at radius 2 is 1.96 bits per heavy atom. The predicted molar refractivity (Wildman–Crippen MR) is 161 cm³/mol. The Kier molecular flexibility index (Phi) is 8.18. The molecule has 0 aliphatic carbocycles. The summed E-state index contributed by atoms with van der Waals surface area (Å²) in [5.41, 5.74) is 9.76. The minimum atomic E-state index is -5.14. The molecular formula is C21H25FN10O10P2S2. The number of anilines is 2. The third-order valence-corrected chi connectivity index (χ3v) is 9.78. The van der Waals surface area contributed by atoms with Crippen molar-refractivity contribution in [3.8, 4) is 0 Å². The number of fused-ring (bicyclic) bond motifs is 4. The summed E-state index contributed by atoms with van der Waals surface area (Å²) in [4.78, 5) is 45.7. The number of thiol groups is 1. The van der Waals surface area contributed by atoms with Crippen molar-refractivity contribution in [3.63, 3.8) is 0 Å². The van der Waals surface area contributed by atoms with E-state index in [4.69, 9.17) is 51.1 Å². The van der Waals surface area contributed by atoms with Crippen LogP contribution in [0.5, 0.6) is 0 Å². The van der Waals surface area contributed by atoms with Gasteiger partial charge in [-0.05, 0) is 0 Å². The maximum Gasteiger partial charge on any atom is 0.472 e. The van der Waals surface area contributed by atoms with E-state index >= 15 is 4.39 Å². The summed E-state index contributed by atoms with van der Waals surface area (Å²) in [6.45, 7) is -1.58. The van der Waals surface area contributed by atoms with E-state index in [1.54, 1.807) is 4.57 Å². The number of ether oxygens (including phenoxy) is 3. The molecule has 0 spiro atoms. The molecule has 2 bridgehead atoms. The number of H-pyrrole nitrogens is 1. The fourth-order valence-electron chi connectivity index (χ4n) is 5.74. The minimum absolute atomic E-state index is 0.120. The van der Waals surface area contributed by atoms with E-state index in [2.05, 4.69) is 42.2 Å². The van der Waals surface area contributed by atoms with Crippen molar-refractivity contribution in [3.05, 3.63) is 29.3 Å². The lowest BCUT2D eigenvalue weighted by molar-refractivity contribution is -0.184. The minimum Gasteiger partial charge on any atom is -0.394 e. The van der Waals surface area contributed by atoms with Crippen LogP contribution in [0.4, 0.5) is 16.2 Å². The predicted octanol–water partition coefficient (Wildman–Crippen LogP) is -0.659. The molecule has 3 aliphatic rings. The van der Waals surface area contributed by atoms with Gasteiger partial charge >= 0.3 is 7.82 Å². The van der Waals surface area contributed by atoms with Gasteiger partial charge in [0.25, 0.3) is 5.56 Å². The van der Waals surface area contributed by atoms with E-state index in [1.165, 1.54) is 12.7 Å². The summed E-state index contributed by atoms with van der Waals surface area (Å²) < 4.78 is 66.0. The van der Waals surface area contributed by atoms with Crippen LogP contribution in [0.3, 0.4) is 0 Å². The fourth-order valence-corrected chi connectivity index (χ4v) is 7.93. The number of imidazole rings is 2. The van der Waals surface area contributed by atoms with Crippen LogP contribution in [0.25, 0.3) is 22.3 Å². The summed E-state index contributed by atoms with van der Waals surface area (Å²) in [6.07, 6.45) is -7.89. The standard InChI is InChI=1S/C21H25FN10O10P2S2/c22-8-7(1-33)39-18(32-6-28-10-16(32)29-20(24)30-17(10)34)11(8)42-44(35,36)38-3-21-2-37-12(13(21)41-43(45)46)19(40-21)31-5-27-9-14(23)25-4-26-15(9)31/h4-8,11-13,18-19,33,43H,1-3H2,(H,35,36)(H,45,46)(H2,23,25,26)(H3,24,29,30,34)/t7-,8+,11-,12-,13+,18-,19-,21-/m1/s1. The highest BCUT2D eigenvalue weighted by Gasteiger charge is 2.64. The normalized spacial score (nSPS) is 32.8. The molecule has 25 heteroatoms. The van der Waals surface area contributed by atoms with Crippen LogP contribution >= 0.6 is 26.2 Å². The molecule has 7 N–H and O–H groups in total. The topological polar surface area (TPSA) is 272 Å². The number of phosphoric ester groups is 1. The van der Waals surface area contributed by atoms with E-state index in [0.717, 1.165) is 10.9 Å². The van der Waals surface area contributed by atoms with Gasteiger partial charge in [-0.25, -0.2) is 28.9 Å². The molecule has 0 saturated carbocycles. The molecule has 7 rings (SSSR count). The fraction of sp³-hybridized carbons (Fsp3) is 0.524. The number of nitrogens with zero attached hydrogens (tertiary/aromatic N) is 7. The number of hydrogen-bond donors (Lipinski definition) is 6. The number of aliphatic hydroxyl groups excluding tert-OH is 1. The van der Waals surface area contributed by atoms with Crippen LogP contribution in [0, 0.1) is 0 Å². The number of alkyl halides is 1. The monoisotopic (exact) mass is 722 g/mol. The van der Waals surface area contributed by atoms with Gasteiger partial charge in [0.15, 0.2) is 41.3 Å². The number of nitrogen functional groups attached to an aromatic ring is 2. The molecule has 3 aliphatic heterocycles. The SMILES string of the molecule is Nc1nc2c(ncn2[C@@H]2O[C@H](CO)[C@H](F)[C@H]2OP(=O)(O)OC[C@@]23CO[C@@H]([C@H](n4cnc5c(N)ncnc54)O2)[C@@H]3O[PH](=S)S)c(=O)[nH]1. The molecule has 0 amide bonds. The van der Waals surface area contributed by atoms with Crippen LogP contribution in [0.15, 0.2) is 23.8 Å². The number of aromatic amines is 1. The number of hydrogen-bond acceptors (Lipinski definition) is 17. The third-order valence-electron chi connectivity index (χ3n) is 7.76. The Balaban J connectivity index is 1.14. The van der Waals surface area contributed by atoms with Crippen molar-refractivity contribution >= 4 is 72.1 Å². The first-order valence-electron chi connectivity index (χ1n) is 13.3. The molecule has 3 saturated heterocycles. The van der Waals surface area contributed by atoms with Gasteiger partial charge in [0.2, 0.25) is 5.95 Å². The van der Waals surface area contributed by atoms with Crippen LogP contribution in [-0.2, 0) is 44.2 Å². The molecule has 4 aromatic heterocycles. The van der Waals surface area contributed by atoms with Crippen LogP contribution in [0.2, 0.25) is 0 Å². The molecule has 0 aromatic carbocycles. The van der Waals surface area contributed by atoms with Gasteiger partial charge in [0.1, 0.15) is 48.0 Å². The van der Waals surface area contributed by atoms with Gasteiger partial charge in [-0.15, -0.1) is 12.2 Å². The summed E-state index contributed by atoms with van der Waals surface area (Å²) in [6, 6.07) is 0. The highest BCUT2D eigenvalue weighted by atomic mass is 32.9. The highest BCUT2D eigenvalue weighted by Crippen LogP contribution is 2.55. The molecule has 3 fully saturated rings. The van der Waals surface area contributed by atoms with E-state index < -0.39 is 81.4 Å². The first-order chi connectivity index (χ1) is 21.9. The van der Waals surface area contributed by atoms with Gasteiger partial charge in [-0.1, -0.05) is 11.8 Å². The Bertz CT molecular complexity index is 1950. The number of phosphoric acid groups is 1. The molecule has 248 valence electrons. The summed E-state index contributed by atoms with van der Waals surface area (Å²) in [5, 5.41) is 9.70. The largest absolute Gasteiger partial charge is 0.472 e. The zero-order chi connectivity index (χ0) is 32.5. The smallest absolute Gasteiger partial charge is 0.394 e. The van der Waals surface area contributed by atoms with Gasteiger partial charge in [0, 0.05) is 0 Å². The first-order valence-corrected chi connectivity index (χ1v) is 18.6. The lowest BCUT2D eigenvalue weighted by atomic mass is 10.0. The molecular weight excluding hydrogens is 697 g/mol. The van der Waals surface area contributed by atoms with E-state index in [9.17, 15) is 19.4 Å². The summed E-state index contributed by atoms with van der Waals surface area (Å²) in [7, 11) is -5.14. The quantitative estimate of drug-likeness (QED) is 0.0876. The van der Waals surface area contributed by atoms with Crippen molar-refractivity contribution in [1.29, 1.82) is 0 Å². The summed E-state index contributed by atoms with van der Waals surface area (Å²) in [5.74, 6) is -0.129. The molecule has 10 atom stereocenters. The number of nitrogens with two attached hydrogens (primary N) is 2. The third kappa shape index (κ3) is 5.33. The second kappa shape index (κ2) is 11.8. The Labute approximate surface area is 266 Å². The van der Waals surface area contributed by atoms with Gasteiger partial charge in [0.05, 0.1) is 32.5 Å². The number of rotatable bonds is 10. The summed E-state index contributed by atoms with van der Waals surface area (Å²) >= 11 is 9.45. The lowest BCUT2D eigenvalue weighted by Gasteiger charge is -2.32. The zero-order valence-corrected chi connectivity index (χ0v) is 26.6. The molecule has 4 aromatic rings. The molecule has 20 nitrogen and oxygen atoms in total. The molecule has 0 radical (unpaired) electrons. The Morgan fingerprint density at radius 1 is 1.22 bits per heavy atom. The average molecular weight is 723 g/mol. The van der Waals surface area contributed by atoms with E-state index in [1.807, 2.05) is 0 Å². The lowest BCUT2D eigenvalue weighted by Crippen LogP contribution is -2.45. The van der Waals surface area contributed by atoms with Crippen molar-refractivity contribution in [2.24, 2.45) is 0 Å². The van der Waals surface area contributed by atoms with Crippen molar-refractivity contribution < 1.29 is 46.7 Å². The molecule has 2 unspecified atom stereocenters. The van der Waals surface area contributed by atoms with Crippen molar-refractivity contribution in [1.82, 2.24) is 39.0 Å². The highest BCUT2D eigenvalue weighted by molar-refractivity contribution is 8.54. The average Bonchev–Trinajstić information content (AvgIpc) is 3.81. The Morgan fingerprint density at radius 3 is 2.70 bits per heavy atom. The maximum absolute atomic E-state index is 15.5. The van der Waals surface area contributed by atoms with Crippen LogP contribution in [-0.4, -0.2) is 105 Å².